The van der Waals surface area contributed by atoms with Gasteiger partial charge in [-0.3, -0.25) is 43.3 Å². The highest BCUT2D eigenvalue weighted by Gasteiger charge is 2.80. The summed E-state index contributed by atoms with van der Waals surface area (Å²) >= 11 is 0. The number of anilines is 1. The first-order valence-corrected chi connectivity index (χ1v) is 23.0. The van der Waals surface area contributed by atoms with Crippen LogP contribution >= 0.6 is 0 Å². The Bertz CT molecular complexity index is 2570. The lowest BCUT2D eigenvalue weighted by Gasteiger charge is -2.63. The molecule has 12 atom stereocenters. The fourth-order valence-corrected chi connectivity index (χ4v) is 11.6. The average Bonchev–Trinajstić information content (AvgIpc) is 3.94. The van der Waals surface area contributed by atoms with E-state index in [0.29, 0.717) is 17.7 Å². The largest absolute Gasteiger partial charge is 0.390 e. The Morgan fingerprint density at radius 2 is 1.58 bits per heavy atom. The number of alkyl halides is 2. The number of carbonyl (C=O) groups excluding carboxylic acids is 8. The molecular weight excluding hydrogens is 901 g/mol. The van der Waals surface area contributed by atoms with Crippen LogP contribution in [-0.4, -0.2) is 124 Å². The highest BCUT2D eigenvalue weighted by molar-refractivity contribution is 6.13. The van der Waals surface area contributed by atoms with Crippen molar-refractivity contribution in [2.24, 2.45) is 22.7 Å². The van der Waals surface area contributed by atoms with Crippen LogP contribution < -0.4 is 21.3 Å². The van der Waals surface area contributed by atoms with Gasteiger partial charge in [0.1, 0.15) is 24.9 Å². The Morgan fingerprint density at radius 3 is 2.28 bits per heavy atom. The monoisotopic (exact) mass is 955 g/mol. The maximum absolute atomic E-state index is 17.8. The molecule has 6 amide bonds. The molecule has 6 aliphatic rings. The van der Waals surface area contributed by atoms with Crippen molar-refractivity contribution in [1.82, 2.24) is 20.9 Å². The Kier molecular flexibility index (Phi) is 13.2. The third-order valence-corrected chi connectivity index (χ3v) is 15.2. The smallest absolute Gasteiger partial charge is 0.253 e. The van der Waals surface area contributed by atoms with Gasteiger partial charge in [0.15, 0.2) is 29.1 Å². The van der Waals surface area contributed by atoms with E-state index in [1.165, 1.54) is 32.9 Å². The minimum atomic E-state index is -2.36. The van der Waals surface area contributed by atoms with Gasteiger partial charge in [-0.2, -0.15) is 0 Å². The summed E-state index contributed by atoms with van der Waals surface area (Å²) in [5.74, 6) is -6.38. The summed E-state index contributed by atoms with van der Waals surface area (Å²) in [4.78, 5) is 101. The highest BCUT2D eigenvalue weighted by Crippen LogP contribution is 2.72. The Hall–Kier alpha value is -6.28. The molecule has 0 aromatic heterocycles. The van der Waals surface area contributed by atoms with Gasteiger partial charge in [-0.15, -0.1) is 0 Å². The number of nitrogens with zero attached hydrogens (tertiary/aromatic N) is 1. The number of allylic oxidation sites excluding steroid dienone is 4. The zero-order chi connectivity index (χ0) is 49.8. The number of carbonyl (C=O) groups is 8. The van der Waals surface area contributed by atoms with Gasteiger partial charge in [-0.1, -0.05) is 49.4 Å². The topological polar surface area (TPSA) is 247 Å². The zero-order valence-electron chi connectivity index (χ0n) is 38.5. The molecule has 4 aliphatic carbocycles. The third kappa shape index (κ3) is 8.52. The molecule has 3 saturated carbocycles. The minimum absolute atomic E-state index is 0.00815. The first-order chi connectivity index (χ1) is 32.6. The average molecular weight is 956 g/mol. The summed E-state index contributed by atoms with van der Waals surface area (Å²) in [6.45, 7) is 4.60. The van der Waals surface area contributed by atoms with Gasteiger partial charge < -0.3 is 41.0 Å². The molecule has 0 radical (unpaired) electrons. The highest BCUT2D eigenvalue weighted by atomic mass is 19.1. The molecule has 4 fully saturated rings. The van der Waals surface area contributed by atoms with Crippen molar-refractivity contribution in [2.45, 2.75) is 108 Å². The lowest BCUT2D eigenvalue weighted by Crippen LogP contribution is -2.70. The number of hydrogen-bond donors (Lipinski definition) is 6. The molecule has 2 aromatic rings. The van der Waals surface area contributed by atoms with Crippen molar-refractivity contribution in [1.29, 1.82) is 0 Å². The van der Waals surface area contributed by atoms with Crippen molar-refractivity contribution in [3.8, 4) is 0 Å². The summed E-state index contributed by atoms with van der Waals surface area (Å²) in [6, 6.07) is 12.2. The summed E-state index contributed by atoms with van der Waals surface area (Å²) in [5.41, 5.74) is -4.30. The first-order valence-electron chi connectivity index (χ1n) is 23.0. The molecule has 1 unspecified atom stereocenters. The molecule has 2 aromatic carbocycles. The number of Topliss-reactive ketones (excluding diaryl/α,β-unsaturated/α-hetero) is 1. The molecule has 366 valence electrons. The second-order valence-corrected chi connectivity index (χ2v) is 19.3. The summed E-state index contributed by atoms with van der Waals surface area (Å²) in [7, 11) is 0. The van der Waals surface area contributed by atoms with E-state index >= 15 is 8.78 Å². The zero-order valence-corrected chi connectivity index (χ0v) is 38.5. The van der Waals surface area contributed by atoms with E-state index in [1.54, 1.807) is 37.3 Å². The maximum atomic E-state index is 17.8. The quantitative estimate of drug-likeness (QED) is 0.141. The number of imide groups is 1. The van der Waals surface area contributed by atoms with Crippen LogP contribution in [0.15, 0.2) is 84.5 Å². The van der Waals surface area contributed by atoms with E-state index in [1.807, 2.05) is 18.2 Å². The van der Waals surface area contributed by atoms with Crippen molar-refractivity contribution in [2.75, 3.05) is 25.0 Å². The molecule has 0 spiro atoms. The predicted octanol–water partition coefficient (Wildman–Crippen LogP) is 2.30. The van der Waals surface area contributed by atoms with Crippen molar-refractivity contribution in [3.63, 3.8) is 0 Å². The number of rotatable bonds is 15. The van der Waals surface area contributed by atoms with E-state index < -0.39 is 131 Å². The Balaban J connectivity index is 0.848. The fraction of sp³-hybridized carbons (Fsp3) is 0.480. The Labute approximate surface area is 396 Å². The van der Waals surface area contributed by atoms with Crippen LogP contribution in [0, 0.1) is 22.7 Å². The van der Waals surface area contributed by atoms with Gasteiger partial charge in [0.2, 0.25) is 23.6 Å². The van der Waals surface area contributed by atoms with E-state index in [-0.39, 0.29) is 37.8 Å². The lowest BCUT2D eigenvalue weighted by atomic mass is 9.44. The Morgan fingerprint density at radius 1 is 0.884 bits per heavy atom. The number of aliphatic hydroxyl groups is 2. The number of nitrogens with one attached hydrogen (secondary N) is 4. The number of ketones is 2. The van der Waals surface area contributed by atoms with Crippen molar-refractivity contribution < 1.29 is 66.8 Å². The lowest BCUT2D eigenvalue weighted by molar-refractivity contribution is -0.235. The van der Waals surface area contributed by atoms with Gasteiger partial charge in [0, 0.05) is 53.1 Å². The van der Waals surface area contributed by atoms with E-state index in [0.717, 1.165) is 34.3 Å². The van der Waals surface area contributed by atoms with Crippen LogP contribution in [0.4, 0.5) is 14.5 Å². The number of fused-ring (bicyclic) bond motifs is 7. The van der Waals surface area contributed by atoms with E-state index in [4.69, 9.17) is 9.47 Å². The number of hydrogen-bond acceptors (Lipinski definition) is 12. The number of halogens is 2. The van der Waals surface area contributed by atoms with Crippen LogP contribution in [0.5, 0.6) is 0 Å². The number of aliphatic hydroxyl groups excluding tert-OH is 2. The number of benzene rings is 2. The normalized spacial score (nSPS) is 32.8. The molecule has 19 heteroatoms. The first kappa shape index (κ1) is 49.2. The van der Waals surface area contributed by atoms with Gasteiger partial charge in [-0.05, 0) is 93.4 Å². The van der Waals surface area contributed by atoms with Gasteiger partial charge in [0.05, 0.1) is 18.8 Å². The van der Waals surface area contributed by atoms with Gasteiger partial charge >= 0.3 is 0 Å². The summed E-state index contributed by atoms with van der Waals surface area (Å²) < 4.78 is 46.8. The molecule has 6 N–H and O–H groups in total. The molecule has 69 heavy (non-hydrogen) atoms. The molecule has 2 aliphatic heterocycles. The fourth-order valence-electron chi connectivity index (χ4n) is 11.6. The number of ether oxygens (including phenoxy) is 2. The van der Waals surface area contributed by atoms with E-state index in [9.17, 15) is 48.6 Å². The van der Waals surface area contributed by atoms with Crippen LogP contribution in [0.25, 0.3) is 0 Å². The molecule has 17 nitrogen and oxygen atoms in total. The predicted molar refractivity (Wildman–Crippen MR) is 241 cm³/mol. The van der Waals surface area contributed by atoms with Crippen LogP contribution in [0.1, 0.15) is 76.4 Å². The molecule has 1 saturated heterocycles. The summed E-state index contributed by atoms with van der Waals surface area (Å²) in [6.07, 6.45) is 0.322. The second kappa shape index (κ2) is 18.6. The maximum Gasteiger partial charge on any atom is 0.253 e. The van der Waals surface area contributed by atoms with Crippen molar-refractivity contribution >= 4 is 52.7 Å². The van der Waals surface area contributed by atoms with Crippen LogP contribution in [0.2, 0.25) is 0 Å². The number of amides is 6. The molecule has 0 bridgehead atoms. The third-order valence-electron chi connectivity index (χ3n) is 15.2. The molecular formula is C50H55F2N5O12. The van der Waals surface area contributed by atoms with Gasteiger partial charge in [0.25, 0.3) is 11.8 Å². The second-order valence-electron chi connectivity index (χ2n) is 19.3. The SMILES string of the molecule is C[C@H](NC(=O)CNC(=O)CCN1C(=O)C=CC1=O)C(=O)N[C@@H](C)C(=O)Nc1cccc(Cc2ccc([C@@H]3O[C@@H]4CC5[C@@H]6C[C@H](F)C7=CC(=O)C=C[C@]7(C)[C@@]6(F)[C@@H](O)C[C@]5(C)[C@]4(C(=O)CO)O3)cc2)c1. The van der Waals surface area contributed by atoms with Crippen molar-refractivity contribution in [3.05, 3.63) is 101 Å². The minimum Gasteiger partial charge on any atom is -0.390 e. The van der Waals surface area contributed by atoms with Gasteiger partial charge in [-0.25, -0.2) is 8.78 Å². The van der Waals surface area contributed by atoms with Crippen LogP contribution in [-0.2, 0) is 54.3 Å². The van der Waals surface area contributed by atoms with Crippen LogP contribution in [0.3, 0.4) is 0 Å². The molecule has 2 heterocycles. The summed E-state index contributed by atoms with van der Waals surface area (Å²) in [5, 5.41) is 32.2. The van der Waals surface area contributed by atoms with E-state index in [2.05, 4.69) is 21.3 Å². The standard InChI is InChI=1S/C50H55F2N5O12/c1-26(54-41(63)24-53-40(62)15-17-57-42(64)12-13-43(57)65)44(66)55-27(2)45(67)56-31-7-5-6-29(19-31)18-28-8-10-30(11-9-28)46-68-39-22-33-34-21-36(51)35-20-32(59)14-16-47(35,3)49(34,52)37(60)23-48(33,4)50(39,69-46)38(61)25-58/h5-14,16,19-20,26-27,33-34,36-37,39,46,58,60H,15,17-18,21-25H2,1-4H3,(H,53,62)(H,54,63)(H,55,66)(H,56,67)/t26-,27-,33?,34-,36-,37-,39+,46+,47-,48-,49-,50+/m0/s1. The molecule has 8 rings (SSSR count).